The number of hydrogen-bond donors (Lipinski definition) is 1. The Morgan fingerprint density at radius 2 is 1.83 bits per heavy atom. The first-order valence-electron chi connectivity index (χ1n) is 5.93. The van der Waals surface area contributed by atoms with E-state index in [-0.39, 0.29) is 0 Å². The number of rotatable bonds is 9. The number of methoxy groups -OCH3 is 1. The summed E-state index contributed by atoms with van der Waals surface area (Å²) in [6.45, 7) is 4.59. The molecule has 0 saturated carbocycles. The van der Waals surface area contributed by atoms with Gasteiger partial charge < -0.3 is 19.5 Å². The van der Waals surface area contributed by atoms with Crippen LogP contribution in [-0.4, -0.2) is 50.6 Å². The van der Waals surface area contributed by atoms with Crippen molar-refractivity contribution in [2.24, 2.45) is 0 Å². The maximum Gasteiger partial charge on any atom is 0.156 e. The quantitative estimate of drug-likeness (QED) is 0.664. The van der Waals surface area contributed by atoms with Crippen LogP contribution in [0.2, 0.25) is 0 Å². The van der Waals surface area contributed by atoms with Crippen molar-refractivity contribution in [3.8, 4) is 0 Å². The minimum atomic E-state index is 0.393. The molecule has 6 heteroatoms. The minimum absolute atomic E-state index is 0.393. The Labute approximate surface area is 108 Å². The van der Waals surface area contributed by atoms with Crippen LogP contribution in [0.15, 0.2) is 6.07 Å². The number of hydrogen-bond acceptors (Lipinski definition) is 6. The lowest BCUT2D eigenvalue weighted by Crippen LogP contribution is -2.10. The van der Waals surface area contributed by atoms with E-state index >= 15 is 0 Å². The van der Waals surface area contributed by atoms with E-state index in [0.29, 0.717) is 38.9 Å². The molecule has 18 heavy (non-hydrogen) atoms. The van der Waals surface area contributed by atoms with Crippen LogP contribution in [0.4, 0.5) is 5.82 Å². The summed E-state index contributed by atoms with van der Waals surface area (Å²) in [6, 6.07) is 1.89. The predicted octanol–water partition coefficient (Wildman–Crippen LogP) is 1.01. The summed E-state index contributed by atoms with van der Waals surface area (Å²) in [6.07, 6.45) is 0. The molecule has 0 aliphatic rings. The summed E-state index contributed by atoms with van der Waals surface area (Å²) in [4.78, 5) is 8.58. The predicted molar refractivity (Wildman–Crippen MR) is 68.7 cm³/mol. The lowest BCUT2D eigenvalue weighted by molar-refractivity contribution is 0.0184. The second kappa shape index (κ2) is 8.79. The molecule has 102 valence electrons. The lowest BCUT2D eigenvalue weighted by Gasteiger charge is -2.07. The second-order valence-corrected chi connectivity index (χ2v) is 3.72. The Morgan fingerprint density at radius 3 is 2.56 bits per heavy atom. The molecule has 0 aliphatic carbocycles. The number of aryl methyl sites for hydroxylation is 1. The van der Waals surface area contributed by atoms with E-state index in [9.17, 15) is 0 Å². The molecular formula is C12H21N3O3. The molecule has 1 aromatic heterocycles. The van der Waals surface area contributed by atoms with E-state index in [1.54, 1.807) is 7.11 Å². The van der Waals surface area contributed by atoms with Crippen molar-refractivity contribution in [2.75, 3.05) is 45.9 Å². The Kier molecular flexibility index (Phi) is 7.24. The van der Waals surface area contributed by atoms with Crippen LogP contribution in [0.3, 0.4) is 0 Å². The molecule has 1 rings (SSSR count). The number of aromatic nitrogens is 2. The summed E-state index contributed by atoms with van der Waals surface area (Å²) in [5.74, 6) is 1.48. The SMILES string of the molecule is CNc1cc(C)nc(COCCOCCOC)n1. The van der Waals surface area contributed by atoms with Gasteiger partial charge in [0, 0.05) is 25.9 Å². The molecule has 0 amide bonds. The fourth-order valence-corrected chi connectivity index (χ4v) is 1.35. The van der Waals surface area contributed by atoms with Crippen molar-refractivity contribution in [2.45, 2.75) is 13.5 Å². The lowest BCUT2D eigenvalue weighted by atomic mass is 10.4. The average Bonchev–Trinajstić information content (AvgIpc) is 2.37. The maximum atomic E-state index is 5.44. The first-order chi connectivity index (χ1) is 8.76. The number of anilines is 1. The van der Waals surface area contributed by atoms with Crippen molar-refractivity contribution >= 4 is 5.82 Å². The fraction of sp³-hybridized carbons (Fsp3) is 0.667. The Morgan fingerprint density at radius 1 is 1.11 bits per heavy atom. The van der Waals surface area contributed by atoms with Crippen LogP contribution in [0.25, 0.3) is 0 Å². The molecule has 0 aromatic carbocycles. The first-order valence-corrected chi connectivity index (χ1v) is 5.93. The van der Waals surface area contributed by atoms with Gasteiger partial charge in [0.05, 0.1) is 26.4 Å². The first kappa shape index (κ1) is 14.8. The third kappa shape index (κ3) is 5.90. The van der Waals surface area contributed by atoms with E-state index in [4.69, 9.17) is 14.2 Å². The van der Waals surface area contributed by atoms with E-state index < -0.39 is 0 Å². The molecule has 0 radical (unpaired) electrons. The van der Waals surface area contributed by atoms with Crippen LogP contribution >= 0.6 is 0 Å². The van der Waals surface area contributed by atoms with Gasteiger partial charge in [0.25, 0.3) is 0 Å². The Hall–Kier alpha value is -1.24. The molecular weight excluding hydrogens is 234 g/mol. The highest BCUT2D eigenvalue weighted by Crippen LogP contribution is 2.05. The summed E-state index contributed by atoms with van der Waals surface area (Å²) >= 11 is 0. The Bertz CT molecular complexity index is 347. The van der Waals surface area contributed by atoms with Crippen molar-refractivity contribution in [3.05, 3.63) is 17.6 Å². The van der Waals surface area contributed by atoms with Gasteiger partial charge in [-0.15, -0.1) is 0 Å². The van der Waals surface area contributed by atoms with Crippen LogP contribution in [0.5, 0.6) is 0 Å². The number of ether oxygens (including phenoxy) is 3. The van der Waals surface area contributed by atoms with Gasteiger partial charge in [-0.05, 0) is 6.92 Å². The highest BCUT2D eigenvalue weighted by atomic mass is 16.5. The largest absolute Gasteiger partial charge is 0.382 e. The van der Waals surface area contributed by atoms with Crippen molar-refractivity contribution in [1.82, 2.24) is 9.97 Å². The highest BCUT2D eigenvalue weighted by Gasteiger charge is 2.01. The summed E-state index contributed by atoms with van der Waals surface area (Å²) in [5, 5.41) is 2.99. The molecule has 0 bridgehead atoms. The van der Waals surface area contributed by atoms with Gasteiger partial charge in [-0.2, -0.15) is 0 Å². The molecule has 0 aliphatic heterocycles. The minimum Gasteiger partial charge on any atom is -0.382 e. The molecule has 6 nitrogen and oxygen atoms in total. The standard InChI is InChI=1S/C12H21N3O3/c1-10-8-11(13-2)15-12(14-10)9-18-7-6-17-5-4-16-3/h8H,4-7,9H2,1-3H3,(H,13,14,15). The maximum absolute atomic E-state index is 5.44. The zero-order valence-electron chi connectivity index (χ0n) is 11.2. The van der Waals surface area contributed by atoms with Crippen LogP contribution in [0.1, 0.15) is 11.5 Å². The van der Waals surface area contributed by atoms with Crippen molar-refractivity contribution in [3.63, 3.8) is 0 Å². The van der Waals surface area contributed by atoms with E-state index in [0.717, 1.165) is 11.5 Å². The molecule has 1 N–H and O–H groups in total. The van der Waals surface area contributed by atoms with Crippen LogP contribution in [0, 0.1) is 6.92 Å². The van der Waals surface area contributed by atoms with Gasteiger partial charge in [0.1, 0.15) is 12.4 Å². The fourth-order valence-electron chi connectivity index (χ4n) is 1.35. The highest BCUT2D eigenvalue weighted by molar-refractivity contribution is 5.34. The van der Waals surface area contributed by atoms with E-state index in [1.807, 2.05) is 20.0 Å². The smallest absolute Gasteiger partial charge is 0.156 e. The van der Waals surface area contributed by atoms with E-state index in [1.165, 1.54) is 0 Å². The summed E-state index contributed by atoms with van der Waals surface area (Å²) in [7, 11) is 3.48. The summed E-state index contributed by atoms with van der Waals surface area (Å²) in [5.41, 5.74) is 0.921. The zero-order chi connectivity index (χ0) is 13.2. The van der Waals surface area contributed by atoms with Crippen molar-refractivity contribution < 1.29 is 14.2 Å². The topological polar surface area (TPSA) is 65.5 Å². The summed E-state index contributed by atoms with van der Waals surface area (Å²) < 4.78 is 15.6. The molecule has 1 heterocycles. The van der Waals surface area contributed by atoms with E-state index in [2.05, 4.69) is 15.3 Å². The molecule has 0 spiro atoms. The third-order valence-corrected chi connectivity index (χ3v) is 2.19. The second-order valence-electron chi connectivity index (χ2n) is 3.72. The Balaban J connectivity index is 2.20. The number of nitrogens with one attached hydrogen (secondary N) is 1. The molecule has 0 unspecified atom stereocenters. The molecule has 0 atom stereocenters. The monoisotopic (exact) mass is 255 g/mol. The van der Waals surface area contributed by atoms with Gasteiger partial charge in [0.2, 0.25) is 0 Å². The van der Waals surface area contributed by atoms with Crippen molar-refractivity contribution in [1.29, 1.82) is 0 Å². The van der Waals surface area contributed by atoms with Gasteiger partial charge in [0.15, 0.2) is 5.82 Å². The molecule has 1 aromatic rings. The van der Waals surface area contributed by atoms with Gasteiger partial charge >= 0.3 is 0 Å². The zero-order valence-corrected chi connectivity index (χ0v) is 11.2. The number of nitrogens with zero attached hydrogens (tertiary/aromatic N) is 2. The van der Waals surface area contributed by atoms with Gasteiger partial charge in [-0.1, -0.05) is 0 Å². The normalized spacial score (nSPS) is 10.6. The van der Waals surface area contributed by atoms with Crippen LogP contribution < -0.4 is 5.32 Å². The third-order valence-electron chi connectivity index (χ3n) is 2.19. The average molecular weight is 255 g/mol. The van der Waals surface area contributed by atoms with Gasteiger partial charge in [-0.25, -0.2) is 9.97 Å². The van der Waals surface area contributed by atoms with Gasteiger partial charge in [-0.3, -0.25) is 0 Å². The molecule has 0 saturated heterocycles. The van der Waals surface area contributed by atoms with Crippen LogP contribution in [-0.2, 0) is 20.8 Å². The molecule has 0 fully saturated rings.